The average molecular weight is 2000 g/mol. The number of halogens is 1. The van der Waals surface area contributed by atoms with Gasteiger partial charge in [-0.2, -0.15) is 15.0 Å². The molecule has 31 heteroatoms. The van der Waals surface area contributed by atoms with Gasteiger partial charge in [-0.05, 0) is 175 Å². The van der Waals surface area contributed by atoms with Crippen molar-refractivity contribution in [2.75, 3.05) is 62.1 Å². The summed E-state index contributed by atoms with van der Waals surface area (Å²) >= 11 is 0. The van der Waals surface area contributed by atoms with Crippen molar-refractivity contribution < 1.29 is 99.5 Å². The molecule has 17 aromatic rings. The summed E-state index contributed by atoms with van der Waals surface area (Å²) in [4.78, 5) is 73.1. The molecule has 0 amide bonds. The van der Waals surface area contributed by atoms with Gasteiger partial charge >= 0.3 is 23.9 Å². The summed E-state index contributed by atoms with van der Waals surface area (Å²) in [5.74, 6) is 2.71. The molecule has 0 radical (unpaired) electrons. The van der Waals surface area contributed by atoms with E-state index in [2.05, 4.69) is 20.3 Å². The topological polar surface area (TPSA) is 373 Å². The number of phenols is 1. The molecule has 754 valence electrons. The van der Waals surface area contributed by atoms with E-state index in [-0.39, 0.29) is 55.6 Å². The molecule has 0 aliphatic carbocycles. The number of phenolic OH excluding ortho intramolecular Hbond substituents is 1. The predicted octanol–water partition coefficient (Wildman–Crippen LogP) is 21.4. The number of para-hydroxylation sites is 5. The second-order valence-corrected chi connectivity index (χ2v) is 34.9. The zero-order valence-corrected chi connectivity index (χ0v) is 83.7. The molecule has 30 nitrogen and oxygen atoms in total. The van der Waals surface area contributed by atoms with E-state index in [9.17, 15) is 29.4 Å². The number of benzene rings is 13. The maximum atomic E-state index is 13.1. The molecule has 0 saturated heterocycles. The number of aromatic hydroxyl groups is 1. The van der Waals surface area contributed by atoms with Crippen LogP contribution in [0.4, 0.5) is 23.7 Å². The fourth-order valence-corrected chi connectivity index (χ4v) is 17.8. The number of carbonyl (C=O) groups excluding carboxylic acids is 2. The Balaban J connectivity index is 0.000000138. The van der Waals surface area contributed by atoms with Gasteiger partial charge < -0.3 is 106 Å². The first-order chi connectivity index (χ1) is 70.5. The summed E-state index contributed by atoms with van der Waals surface area (Å²) in [6.45, 7) is 17.3. The van der Waals surface area contributed by atoms with Crippen molar-refractivity contribution in [3.8, 4) is 51.7 Å². The Morgan fingerprint density at radius 1 is 0.377 bits per heavy atom. The van der Waals surface area contributed by atoms with E-state index in [0.29, 0.717) is 159 Å². The molecule has 4 atom stereocenters. The Morgan fingerprint density at radius 2 is 0.692 bits per heavy atom. The molecular weight excluding hydrogens is 1880 g/mol. The lowest BCUT2D eigenvalue weighted by Gasteiger charge is -2.35. The van der Waals surface area contributed by atoms with E-state index in [4.69, 9.17) is 80.9 Å². The summed E-state index contributed by atoms with van der Waals surface area (Å²) < 4.78 is 80.6. The molecule has 0 bridgehead atoms. The van der Waals surface area contributed by atoms with Crippen LogP contribution in [0.25, 0.3) is 44.4 Å². The highest BCUT2D eigenvalue weighted by Crippen LogP contribution is 2.46. The van der Waals surface area contributed by atoms with Crippen LogP contribution in [0.3, 0.4) is 0 Å². The molecule has 13 aromatic carbocycles. The van der Waals surface area contributed by atoms with Crippen LogP contribution in [0.2, 0.25) is 0 Å². The lowest BCUT2D eigenvalue weighted by molar-refractivity contribution is -0.146. The minimum Gasteiger partial charge on any atom is -0.506 e. The van der Waals surface area contributed by atoms with Gasteiger partial charge in [-0.25, -0.2) is 19.4 Å². The van der Waals surface area contributed by atoms with Crippen LogP contribution in [-0.4, -0.2) is 125 Å². The number of nitrogens with two attached hydrogens (primary N) is 1. The van der Waals surface area contributed by atoms with Crippen molar-refractivity contribution in [3.63, 3.8) is 0 Å². The number of oxazole rings is 4. The quantitative estimate of drug-likeness (QED) is 0.0201. The molecular formula is C115H116ClN9O21. The van der Waals surface area contributed by atoms with Gasteiger partial charge in [0.15, 0.2) is 74.7 Å². The van der Waals surface area contributed by atoms with Gasteiger partial charge in [0.1, 0.15) is 78.4 Å². The first-order valence-corrected chi connectivity index (χ1v) is 47.7. The number of fused-ring (bicyclic) bond motifs is 8. The summed E-state index contributed by atoms with van der Waals surface area (Å²) in [5.41, 5.74) is 28.8. The molecule has 4 aliphatic rings. The van der Waals surface area contributed by atoms with Crippen molar-refractivity contribution in [3.05, 3.63) is 362 Å². The number of nitrogen functional groups attached to an aromatic ring is 1. The zero-order chi connectivity index (χ0) is 102. The molecule has 6 N–H and O–H groups in total. The lowest BCUT2D eigenvalue weighted by atomic mass is 9.92. The number of hydrogen-bond acceptors (Lipinski definition) is 28. The third-order valence-electron chi connectivity index (χ3n) is 25.5. The number of aryl methyl sites for hydroxylation is 5. The van der Waals surface area contributed by atoms with Crippen molar-refractivity contribution >= 4 is 104 Å². The van der Waals surface area contributed by atoms with E-state index >= 15 is 0 Å². The van der Waals surface area contributed by atoms with Crippen LogP contribution in [0, 0.1) is 34.6 Å². The maximum absolute atomic E-state index is 13.1. The number of carboxylic acid groups (broad SMARTS) is 2. The van der Waals surface area contributed by atoms with Crippen LogP contribution >= 0.6 is 12.4 Å². The number of anilines is 4. The standard InChI is InChI=1S/C28H28N2O5.2C26H24N2O5.C20H23NO4.C8H7NO.C7H9NO.ClH/c1-4-33-27(31)22-15-21-20(16-30(22)28-29-25-18(2)9-8-12-23(25)35-28)13-14-24(32-3)26(21)34-17-19-10-6-5-7-11-19;2*1-16-7-6-10-21-23(16)27-26(33-21)28-14-18-11-12-22(31-2)24(19(18)13-20(28)25(29)30)32-15-17-8-4-3-5-9-17;1-3-24-20(22)17-11-16-15(12-21-17)9-10-18(23-2)19(16)25-13-14-7-5-4-6-8-14;1-6-3-2-4-7-8(6)9-5-10-7;1-5-3-2-4-6(9)7(5)8;/h5-14,22H,4,15-17H2,1-3H3;2*3-12,20H,13-15H2,1-2H3,(H,29,30);4-10,17,21H,3,11-13H2,1-2H3;2-5H,1H3;2-4,9H,8H2,1H3;1H. The smallest absolute Gasteiger partial charge is 0.329 e. The van der Waals surface area contributed by atoms with Gasteiger partial charge in [0, 0.05) is 74.1 Å². The number of rotatable bonds is 25. The van der Waals surface area contributed by atoms with Crippen LogP contribution < -0.4 is 63.6 Å². The zero-order valence-electron chi connectivity index (χ0n) is 82.9. The molecule has 4 unspecified atom stereocenters. The van der Waals surface area contributed by atoms with Gasteiger partial charge in [-0.15, -0.1) is 12.4 Å². The van der Waals surface area contributed by atoms with Crippen molar-refractivity contribution in [1.29, 1.82) is 0 Å². The average Bonchev–Trinajstić information content (AvgIpc) is 1.46. The Hall–Kier alpha value is -16.7. The van der Waals surface area contributed by atoms with Gasteiger partial charge in [0.25, 0.3) is 18.0 Å². The highest BCUT2D eigenvalue weighted by atomic mass is 35.5. The molecule has 0 fully saturated rings. The normalized spacial score (nSPS) is 14.6. The lowest BCUT2D eigenvalue weighted by Crippen LogP contribution is -2.47. The number of carboxylic acids is 2. The predicted molar refractivity (Wildman–Crippen MR) is 558 cm³/mol. The second-order valence-electron chi connectivity index (χ2n) is 34.9. The second kappa shape index (κ2) is 48.4. The Bertz CT molecular complexity index is 7160. The van der Waals surface area contributed by atoms with Gasteiger partial charge in [-0.1, -0.05) is 206 Å². The number of nitrogens with one attached hydrogen (secondary N) is 1. The molecule has 0 saturated carbocycles. The third kappa shape index (κ3) is 24.1. The van der Waals surface area contributed by atoms with Crippen molar-refractivity contribution in [2.45, 2.75) is 151 Å². The number of aromatic nitrogens is 4. The number of methoxy groups -OCH3 is 4. The van der Waals surface area contributed by atoms with E-state index < -0.39 is 30.1 Å². The van der Waals surface area contributed by atoms with Crippen LogP contribution in [0.15, 0.2) is 285 Å². The SMILES string of the molecule is CCOC(=O)C1Cc2c(ccc(OC)c2OCc2ccccc2)CN1.CCOC(=O)C1Cc2c(ccc(OC)c2OCc2ccccc2)CN1c1nc2c(C)cccc2o1.COc1ccc2c(c1OCc1ccccc1)CC(C(=O)O)N(c1nc3c(C)cccc3o1)C2.COc1ccc2c(c1OCc1ccccc1)CC(C(=O)O)N(c1nc3c(C)cccc3o1)C2.Cc1cccc(O)c1N.Cc1cccc2ocnc12.Cl. The fraction of sp³-hybridized carbons (Fsp3) is 0.252. The number of nitrogens with zero attached hydrogens (tertiary/aromatic N) is 7. The third-order valence-corrected chi connectivity index (χ3v) is 25.5. The van der Waals surface area contributed by atoms with Crippen LogP contribution in [0.1, 0.15) is 108 Å². The monoisotopic (exact) mass is 1990 g/mol. The first-order valence-electron chi connectivity index (χ1n) is 47.7. The largest absolute Gasteiger partial charge is 0.506 e. The Kier molecular flexibility index (Phi) is 34.3. The minimum absolute atomic E-state index is 0. The van der Waals surface area contributed by atoms with E-state index in [1.165, 1.54) is 6.39 Å². The molecule has 4 aliphatic heterocycles. The van der Waals surface area contributed by atoms with Crippen molar-refractivity contribution in [2.24, 2.45) is 0 Å². The van der Waals surface area contributed by atoms with E-state index in [0.717, 1.165) is 122 Å². The summed E-state index contributed by atoms with van der Waals surface area (Å²) in [6.07, 6.45) is 2.85. The number of aliphatic carboxylic acids is 2. The van der Waals surface area contributed by atoms with Crippen LogP contribution in [-0.2, 0) is 107 Å². The van der Waals surface area contributed by atoms with Crippen LogP contribution in [0.5, 0.6) is 51.7 Å². The maximum Gasteiger partial charge on any atom is 0.329 e. The van der Waals surface area contributed by atoms with Gasteiger partial charge in [0.05, 0.1) is 47.3 Å². The number of esters is 2. The number of carbonyl (C=O) groups is 4. The number of hydrogen-bond donors (Lipinski definition) is 5. The molecule has 146 heavy (non-hydrogen) atoms. The summed E-state index contributed by atoms with van der Waals surface area (Å²) in [7, 11) is 6.42. The van der Waals surface area contributed by atoms with E-state index in [1.807, 2.05) is 295 Å². The minimum atomic E-state index is -0.948. The Morgan fingerprint density at radius 3 is 1.02 bits per heavy atom. The fourth-order valence-electron chi connectivity index (χ4n) is 17.8. The van der Waals surface area contributed by atoms with Gasteiger partial charge in [0.2, 0.25) is 0 Å². The summed E-state index contributed by atoms with van der Waals surface area (Å²) in [6, 6.07) is 81.7. The molecule has 21 rings (SSSR count). The summed E-state index contributed by atoms with van der Waals surface area (Å²) in [5, 5.41) is 32.3. The number of ether oxygens (including phenoxy) is 10. The van der Waals surface area contributed by atoms with E-state index in [1.54, 1.807) is 57.3 Å². The highest BCUT2D eigenvalue weighted by Gasteiger charge is 2.42. The van der Waals surface area contributed by atoms with Gasteiger partial charge in [-0.3, -0.25) is 4.79 Å². The molecule has 0 spiro atoms. The molecule has 8 heterocycles. The van der Waals surface area contributed by atoms with Crippen molar-refractivity contribution in [1.82, 2.24) is 25.3 Å². The Labute approximate surface area is 850 Å². The first kappa shape index (κ1) is 104. The molecule has 4 aromatic heterocycles. The highest BCUT2D eigenvalue weighted by molar-refractivity contribution is 5.87.